The number of halogens is 1. The molecule has 2 rings (SSSR count). The first-order chi connectivity index (χ1) is 10.2. The highest BCUT2D eigenvalue weighted by Crippen LogP contribution is 2.22. The predicted molar refractivity (Wildman–Crippen MR) is 87.4 cm³/mol. The van der Waals surface area contributed by atoms with Crippen molar-refractivity contribution in [2.75, 3.05) is 31.5 Å². The molecule has 1 heterocycles. The fraction of sp³-hybridized carbons (Fsp3) is 0.357. The van der Waals surface area contributed by atoms with Crippen molar-refractivity contribution in [3.8, 4) is 0 Å². The normalized spacial score (nSPS) is 13.5. The van der Waals surface area contributed by atoms with E-state index in [1.165, 1.54) is 11.6 Å². The number of carbonyl (C=O) groups is 1. The second-order valence-electron chi connectivity index (χ2n) is 4.72. The van der Waals surface area contributed by atoms with E-state index < -0.39 is 4.92 Å². The minimum atomic E-state index is -0.472. The number of carbonyl (C=O) groups excluding carboxylic acids is 1. The van der Waals surface area contributed by atoms with E-state index in [4.69, 9.17) is 0 Å². The molecule has 7 nitrogen and oxygen atoms in total. The van der Waals surface area contributed by atoms with Crippen molar-refractivity contribution in [1.82, 2.24) is 10.6 Å². The predicted octanol–water partition coefficient (Wildman–Crippen LogP) is 1.46. The molecule has 1 aromatic carbocycles. The molecule has 22 heavy (non-hydrogen) atoms. The Kier molecular flexibility index (Phi) is 7.34. The second-order valence-corrected chi connectivity index (χ2v) is 4.72. The minimum absolute atomic E-state index is 0. The molecule has 0 aliphatic carbocycles. The monoisotopic (exact) mass is 326 g/mol. The molecule has 0 spiro atoms. The van der Waals surface area contributed by atoms with Crippen LogP contribution in [0.3, 0.4) is 0 Å². The summed E-state index contributed by atoms with van der Waals surface area (Å²) in [6.07, 6.45) is 3.00. The van der Waals surface area contributed by atoms with E-state index in [0.29, 0.717) is 12.2 Å². The maximum absolute atomic E-state index is 11.8. The average molecular weight is 327 g/mol. The van der Waals surface area contributed by atoms with Crippen LogP contribution >= 0.6 is 12.4 Å². The van der Waals surface area contributed by atoms with E-state index in [-0.39, 0.29) is 30.5 Å². The van der Waals surface area contributed by atoms with E-state index in [1.54, 1.807) is 18.2 Å². The van der Waals surface area contributed by atoms with Crippen LogP contribution in [0, 0.1) is 10.1 Å². The van der Waals surface area contributed by atoms with Crippen LogP contribution in [-0.2, 0) is 4.79 Å². The Hall–Kier alpha value is -2.12. The zero-order chi connectivity index (χ0) is 15.1. The van der Waals surface area contributed by atoms with Crippen LogP contribution in [0.1, 0.15) is 6.42 Å². The van der Waals surface area contributed by atoms with Crippen LogP contribution in [0.5, 0.6) is 0 Å². The third-order valence-electron chi connectivity index (χ3n) is 3.21. The maximum Gasteiger partial charge on any atom is 0.292 e. The Morgan fingerprint density at radius 2 is 2.14 bits per heavy atom. The first-order valence-corrected chi connectivity index (χ1v) is 6.79. The van der Waals surface area contributed by atoms with Gasteiger partial charge in [-0.05, 0) is 19.0 Å². The third kappa shape index (κ3) is 5.34. The number of nitrogens with zero attached hydrogens (tertiary/aromatic N) is 1. The van der Waals surface area contributed by atoms with Crippen molar-refractivity contribution in [1.29, 1.82) is 0 Å². The molecule has 0 saturated heterocycles. The number of hydrogen-bond donors (Lipinski definition) is 3. The molecule has 0 fully saturated rings. The summed E-state index contributed by atoms with van der Waals surface area (Å²) in [5, 5.41) is 19.7. The number of benzene rings is 1. The maximum atomic E-state index is 11.8. The fourth-order valence-corrected chi connectivity index (χ4v) is 2.06. The lowest BCUT2D eigenvalue weighted by Crippen LogP contribution is -2.33. The highest BCUT2D eigenvalue weighted by Gasteiger charge is 2.13. The van der Waals surface area contributed by atoms with Gasteiger partial charge < -0.3 is 16.0 Å². The van der Waals surface area contributed by atoms with Crippen molar-refractivity contribution >= 4 is 29.7 Å². The quantitative estimate of drug-likeness (QED) is 0.418. The SMILES string of the molecule is Cl.O=C(CNc1ccccc1[N+](=O)[O-])NCC1=CCNCC1. The van der Waals surface area contributed by atoms with E-state index in [0.717, 1.165) is 19.5 Å². The topological polar surface area (TPSA) is 96.3 Å². The molecular weight excluding hydrogens is 308 g/mol. The molecule has 1 aliphatic rings. The Morgan fingerprint density at radius 1 is 1.36 bits per heavy atom. The summed E-state index contributed by atoms with van der Waals surface area (Å²) in [5.41, 5.74) is 1.51. The van der Waals surface area contributed by atoms with Gasteiger partial charge in [0.1, 0.15) is 5.69 Å². The number of amides is 1. The Balaban J connectivity index is 0.00000242. The Bertz CT molecular complexity index is 563. The number of rotatable bonds is 6. The standard InChI is InChI=1S/C14H18N4O3.ClH/c19-14(17-9-11-5-7-15-8-6-11)10-16-12-3-1-2-4-13(12)18(20)21;/h1-5,15-16H,6-10H2,(H,17,19);1H. The van der Waals surface area contributed by atoms with E-state index >= 15 is 0 Å². The molecule has 0 atom stereocenters. The van der Waals surface area contributed by atoms with Gasteiger partial charge in [0.15, 0.2) is 0 Å². The number of anilines is 1. The van der Waals surface area contributed by atoms with Gasteiger partial charge in [-0.2, -0.15) is 0 Å². The molecule has 0 bridgehead atoms. The fourth-order valence-electron chi connectivity index (χ4n) is 2.06. The highest BCUT2D eigenvalue weighted by atomic mass is 35.5. The summed E-state index contributed by atoms with van der Waals surface area (Å²) in [7, 11) is 0. The molecule has 1 aliphatic heterocycles. The molecule has 0 aromatic heterocycles. The summed E-state index contributed by atoms with van der Waals surface area (Å²) >= 11 is 0. The summed E-state index contributed by atoms with van der Waals surface area (Å²) in [5.74, 6) is -0.187. The van der Waals surface area contributed by atoms with Gasteiger partial charge in [-0.25, -0.2) is 0 Å². The first-order valence-electron chi connectivity index (χ1n) is 6.79. The lowest BCUT2D eigenvalue weighted by Gasteiger charge is -2.14. The van der Waals surface area contributed by atoms with Crippen LogP contribution in [0.25, 0.3) is 0 Å². The van der Waals surface area contributed by atoms with Gasteiger partial charge in [-0.15, -0.1) is 12.4 Å². The summed E-state index contributed by atoms with van der Waals surface area (Å²) in [4.78, 5) is 22.1. The van der Waals surface area contributed by atoms with Crippen molar-refractivity contribution in [3.63, 3.8) is 0 Å². The molecule has 3 N–H and O–H groups in total. The van der Waals surface area contributed by atoms with Crippen molar-refractivity contribution in [3.05, 3.63) is 46.0 Å². The molecule has 0 radical (unpaired) electrons. The minimum Gasteiger partial charge on any atom is -0.371 e. The molecule has 0 unspecified atom stereocenters. The van der Waals surface area contributed by atoms with Crippen LogP contribution in [0.2, 0.25) is 0 Å². The van der Waals surface area contributed by atoms with Crippen LogP contribution < -0.4 is 16.0 Å². The summed E-state index contributed by atoms with van der Waals surface area (Å²) < 4.78 is 0. The molecule has 1 aromatic rings. The van der Waals surface area contributed by atoms with Gasteiger partial charge in [-0.1, -0.05) is 23.8 Å². The summed E-state index contributed by atoms with van der Waals surface area (Å²) in [6.45, 7) is 2.30. The van der Waals surface area contributed by atoms with Gasteiger partial charge in [-0.3, -0.25) is 14.9 Å². The van der Waals surface area contributed by atoms with Gasteiger partial charge in [0.05, 0.1) is 11.5 Å². The third-order valence-corrected chi connectivity index (χ3v) is 3.21. The Morgan fingerprint density at radius 3 is 2.82 bits per heavy atom. The number of para-hydroxylation sites is 2. The van der Waals surface area contributed by atoms with Crippen molar-refractivity contribution < 1.29 is 9.72 Å². The zero-order valence-corrected chi connectivity index (χ0v) is 12.8. The van der Waals surface area contributed by atoms with Gasteiger partial charge in [0, 0.05) is 19.2 Å². The van der Waals surface area contributed by atoms with E-state index in [1.807, 2.05) is 0 Å². The first kappa shape index (κ1) is 17.9. The van der Waals surface area contributed by atoms with Crippen LogP contribution in [0.4, 0.5) is 11.4 Å². The van der Waals surface area contributed by atoms with E-state index in [2.05, 4.69) is 22.0 Å². The number of nitro benzene ring substituents is 1. The molecule has 120 valence electrons. The zero-order valence-electron chi connectivity index (χ0n) is 12.0. The molecule has 8 heteroatoms. The van der Waals surface area contributed by atoms with E-state index in [9.17, 15) is 14.9 Å². The number of hydrogen-bond acceptors (Lipinski definition) is 5. The molecule has 1 amide bonds. The van der Waals surface area contributed by atoms with Crippen molar-refractivity contribution in [2.24, 2.45) is 0 Å². The number of nitro groups is 1. The van der Waals surface area contributed by atoms with Crippen LogP contribution in [-0.4, -0.2) is 37.0 Å². The lowest BCUT2D eigenvalue weighted by atomic mass is 10.1. The van der Waals surface area contributed by atoms with Gasteiger partial charge in [0.2, 0.25) is 5.91 Å². The number of nitrogens with one attached hydrogen (secondary N) is 3. The van der Waals surface area contributed by atoms with Gasteiger partial charge >= 0.3 is 0 Å². The lowest BCUT2D eigenvalue weighted by molar-refractivity contribution is -0.383. The molecule has 0 saturated carbocycles. The highest BCUT2D eigenvalue weighted by molar-refractivity contribution is 5.85. The smallest absolute Gasteiger partial charge is 0.292 e. The summed E-state index contributed by atoms with van der Waals surface area (Å²) in [6, 6.07) is 6.26. The second kappa shape index (κ2) is 9.01. The van der Waals surface area contributed by atoms with Crippen LogP contribution in [0.15, 0.2) is 35.9 Å². The van der Waals surface area contributed by atoms with Gasteiger partial charge in [0.25, 0.3) is 5.69 Å². The van der Waals surface area contributed by atoms with Crippen molar-refractivity contribution in [2.45, 2.75) is 6.42 Å². The average Bonchev–Trinajstić information content (AvgIpc) is 2.52. The molecular formula is C14H19ClN4O3. The largest absolute Gasteiger partial charge is 0.371 e. The Labute approximate surface area is 134 Å².